The number of fused-ring (bicyclic) bond motifs is 1. The Balaban J connectivity index is 1.40. The van der Waals surface area contributed by atoms with Crippen molar-refractivity contribution in [1.29, 1.82) is 0 Å². The molecule has 2 aliphatic rings. The quantitative estimate of drug-likeness (QED) is 0.451. The first-order valence-corrected chi connectivity index (χ1v) is 10.6. The third-order valence-corrected chi connectivity index (χ3v) is 5.36. The fourth-order valence-corrected chi connectivity index (χ4v) is 3.55. The first-order chi connectivity index (χ1) is 16.7. The highest BCUT2D eigenvalue weighted by Crippen LogP contribution is 2.33. The molecule has 11 nitrogen and oxygen atoms in total. The Labute approximate surface area is 198 Å². The third kappa shape index (κ3) is 5.31. The van der Waals surface area contributed by atoms with E-state index in [1.165, 1.54) is 18.3 Å². The van der Waals surface area contributed by atoms with Gasteiger partial charge in [0.25, 0.3) is 0 Å². The molecule has 0 radical (unpaired) electrons. The number of amides is 4. The standard InChI is InChI=1S/C22H21F2N6O5/c1-2-29-11-14-18(7-8-25-20(14)28-22(29)32)35-19-6-3-12(9-16(19)24)26-21(31)27-17-10-13(30(33)34)4-5-15(17)23/h3-8,10,12,33H,2,9,11H2,1H3,(H,25,28,32)(H2,26,27,31)/q-1. The van der Waals surface area contributed by atoms with E-state index in [0.717, 1.165) is 18.2 Å². The Morgan fingerprint density at radius 2 is 2.20 bits per heavy atom. The van der Waals surface area contributed by atoms with Gasteiger partial charge in [0.2, 0.25) is 0 Å². The predicted octanol–water partition coefficient (Wildman–Crippen LogP) is 3.99. The van der Waals surface area contributed by atoms with E-state index in [-0.39, 0.29) is 36.1 Å². The van der Waals surface area contributed by atoms with Crippen LogP contribution in [0.4, 0.5) is 35.6 Å². The summed E-state index contributed by atoms with van der Waals surface area (Å²) in [5.41, 5.74) is -0.0218. The molecule has 4 amide bonds. The van der Waals surface area contributed by atoms with Gasteiger partial charge in [-0.15, -0.1) is 0 Å². The Hall–Kier alpha value is -4.23. The minimum atomic E-state index is -0.846. The maximum atomic E-state index is 14.8. The van der Waals surface area contributed by atoms with Crippen molar-refractivity contribution in [2.45, 2.75) is 25.9 Å². The number of nitrogens with zero attached hydrogens (tertiary/aromatic N) is 3. The summed E-state index contributed by atoms with van der Waals surface area (Å²) in [5.74, 6) is -0.851. The van der Waals surface area contributed by atoms with Crippen molar-refractivity contribution >= 4 is 29.3 Å². The number of nitrogens with one attached hydrogen (secondary N) is 3. The number of carbonyl (C=O) groups excluding carboxylic acids is 2. The second-order valence-electron chi connectivity index (χ2n) is 7.66. The van der Waals surface area contributed by atoms with Crippen molar-refractivity contribution in [3.8, 4) is 5.75 Å². The van der Waals surface area contributed by atoms with Crippen molar-refractivity contribution in [3.05, 3.63) is 70.8 Å². The minimum Gasteiger partial charge on any atom is -0.733 e. The number of hydrogen-bond acceptors (Lipinski definition) is 7. The predicted molar refractivity (Wildman–Crippen MR) is 122 cm³/mol. The van der Waals surface area contributed by atoms with E-state index in [4.69, 9.17) is 9.94 Å². The second kappa shape index (κ2) is 9.95. The van der Waals surface area contributed by atoms with Crippen LogP contribution in [0.1, 0.15) is 18.9 Å². The summed E-state index contributed by atoms with van der Waals surface area (Å²) >= 11 is 0. The van der Waals surface area contributed by atoms with Crippen LogP contribution in [0.3, 0.4) is 0 Å². The zero-order valence-electron chi connectivity index (χ0n) is 18.4. The normalized spacial score (nSPS) is 17.0. The molecule has 35 heavy (non-hydrogen) atoms. The maximum absolute atomic E-state index is 14.8. The molecule has 0 bridgehead atoms. The minimum absolute atomic E-state index is 0.0611. The Kier molecular flexibility index (Phi) is 6.80. The van der Waals surface area contributed by atoms with Gasteiger partial charge in [-0.1, -0.05) is 6.08 Å². The van der Waals surface area contributed by atoms with Gasteiger partial charge in [0.05, 0.1) is 29.5 Å². The van der Waals surface area contributed by atoms with Gasteiger partial charge in [0, 0.05) is 19.2 Å². The Bertz CT molecular complexity index is 1220. The monoisotopic (exact) mass is 487 g/mol. The van der Waals surface area contributed by atoms with Crippen LogP contribution in [0.2, 0.25) is 0 Å². The summed E-state index contributed by atoms with van der Waals surface area (Å²) < 4.78 is 34.5. The molecule has 1 aromatic heterocycles. The SMILES string of the molecule is CCN1Cc2c(OC3=C(F)CC(NC(=O)Nc4cc(N([O-])O)ccc4F)C=C3)ccnc2NC1=O. The molecule has 0 spiro atoms. The molecule has 4 N–H and O–H groups in total. The van der Waals surface area contributed by atoms with Gasteiger partial charge in [0.15, 0.2) is 5.76 Å². The van der Waals surface area contributed by atoms with Gasteiger partial charge in [-0.2, -0.15) is 0 Å². The molecule has 0 saturated carbocycles. The topological polar surface area (TPSA) is 142 Å². The first-order valence-electron chi connectivity index (χ1n) is 10.6. The van der Waals surface area contributed by atoms with Crippen molar-refractivity contribution in [2.24, 2.45) is 0 Å². The summed E-state index contributed by atoms with van der Waals surface area (Å²) in [6, 6.07) is 2.56. The van der Waals surface area contributed by atoms with Gasteiger partial charge in [-0.05, 0) is 37.3 Å². The summed E-state index contributed by atoms with van der Waals surface area (Å²) in [4.78, 5) is 29.9. The Morgan fingerprint density at radius 3 is 2.91 bits per heavy atom. The van der Waals surface area contributed by atoms with E-state index in [1.54, 1.807) is 11.0 Å². The summed E-state index contributed by atoms with van der Waals surface area (Å²) in [6.45, 7) is 2.55. The van der Waals surface area contributed by atoms with Gasteiger partial charge >= 0.3 is 12.1 Å². The number of allylic oxidation sites excluding steroid dienone is 1. The van der Waals surface area contributed by atoms with Crippen LogP contribution in [-0.2, 0) is 6.54 Å². The number of halogens is 2. The lowest BCUT2D eigenvalue weighted by Crippen LogP contribution is -2.39. The maximum Gasteiger partial charge on any atom is 0.323 e. The molecule has 4 rings (SSSR count). The molecular weight excluding hydrogens is 466 g/mol. The first kappa shape index (κ1) is 23.9. The molecule has 0 fully saturated rings. The van der Waals surface area contributed by atoms with Crippen molar-refractivity contribution in [3.63, 3.8) is 0 Å². The van der Waals surface area contributed by atoms with E-state index in [2.05, 4.69) is 20.9 Å². The van der Waals surface area contributed by atoms with Gasteiger partial charge in [-0.3, -0.25) is 10.5 Å². The molecule has 1 atom stereocenters. The number of rotatable bonds is 6. The molecule has 184 valence electrons. The molecule has 1 aliphatic carbocycles. The molecule has 2 aromatic rings. The van der Waals surface area contributed by atoms with Crippen LogP contribution in [-0.4, -0.2) is 39.7 Å². The molecule has 2 heterocycles. The highest BCUT2D eigenvalue weighted by Gasteiger charge is 2.27. The fourth-order valence-electron chi connectivity index (χ4n) is 3.55. The molecule has 1 aromatic carbocycles. The van der Waals surface area contributed by atoms with Crippen LogP contribution < -0.4 is 25.9 Å². The number of benzene rings is 1. The number of urea groups is 2. The van der Waals surface area contributed by atoms with Crippen LogP contribution >= 0.6 is 0 Å². The zero-order valence-corrected chi connectivity index (χ0v) is 18.4. The molecule has 13 heteroatoms. The smallest absolute Gasteiger partial charge is 0.323 e. The van der Waals surface area contributed by atoms with Crippen molar-refractivity contribution in [2.75, 3.05) is 22.4 Å². The average molecular weight is 487 g/mol. The summed E-state index contributed by atoms with van der Waals surface area (Å²) in [6.07, 6.45) is 4.08. The van der Waals surface area contributed by atoms with E-state index in [0.29, 0.717) is 23.7 Å². The van der Waals surface area contributed by atoms with Crippen LogP contribution in [0.25, 0.3) is 0 Å². The second-order valence-corrected chi connectivity index (χ2v) is 7.66. The number of pyridine rings is 1. The summed E-state index contributed by atoms with van der Waals surface area (Å²) in [7, 11) is 0. The number of ether oxygens (including phenoxy) is 1. The van der Waals surface area contributed by atoms with Gasteiger partial charge in [-0.25, -0.2) is 23.4 Å². The fraction of sp³-hybridized carbons (Fsp3) is 0.227. The number of aromatic nitrogens is 1. The summed E-state index contributed by atoms with van der Waals surface area (Å²) in [5, 5.41) is 26.8. The van der Waals surface area contributed by atoms with Crippen LogP contribution in [0.15, 0.2) is 54.2 Å². The lowest BCUT2D eigenvalue weighted by Gasteiger charge is -2.29. The number of anilines is 3. The number of hydrogen-bond donors (Lipinski definition) is 4. The van der Waals surface area contributed by atoms with Crippen molar-refractivity contribution in [1.82, 2.24) is 15.2 Å². The Morgan fingerprint density at radius 1 is 1.40 bits per heavy atom. The third-order valence-electron chi connectivity index (χ3n) is 5.36. The molecule has 0 saturated heterocycles. The van der Waals surface area contributed by atoms with Crippen LogP contribution in [0, 0.1) is 11.0 Å². The van der Waals surface area contributed by atoms with Crippen molar-refractivity contribution < 1.29 is 28.3 Å². The molecular formula is C22H21F2N6O5-. The van der Waals surface area contributed by atoms with E-state index >= 15 is 0 Å². The average Bonchev–Trinajstić information content (AvgIpc) is 2.81. The number of carbonyl (C=O) groups is 2. The zero-order chi connectivity index (χ0) is 25.1. The lowest BCUT2D eigenvalue weighted by molar-refractivity contribution is 0.208. The largest absolute Gasteiger partial charge is 0.733 e. The highest BCUT2D eigenvalue weighted by atomic mass is 19.1. The van der Waals surface area contributed by atoms with E-state index < -0.39 is 28.9 Å². The molecule has 1 aliphatic heterocycles. The lowest BCUT2D eigenvalue weighted by atomic mass is 10.1. The van der Waals surface area contributed by atoms with E-state index in [9.17, 15) is 23.6 Å². The van der Waals surface area contributed by atoms with Gasteiger partial charge < -0.3 is 30.7 Å². The van der Waals surface area contributed by atoms with E-state index in [1.807, 2.05) is 6.92 Å². The van der Waals surface area contributed by atoms with Gasteiger partial charge in [0.1, 0.15) is 23.2 Å². The highest BCUT2D eigenvalue weighted by molar-refractivity contribution is 5.92. The molecule has 1 unspecified atom stereocenters. The van der Waals surface area contributed by atoms with Crippen LogP contribution in [0.5, 0.6) is 5.75 Å².